The molecule has 4 N–H and O–H groups in total. The molecule has 1 aromatic heterocycles. The molecule has 0 bridgehead atoms. The van der Waals surface area contributed by atoms with Gasteiger partial charge in [0.1, 0.15) is 4.88 Å². The average molecular weight is 318 g/mol. The molecule has 8 heteroatoms. The highest BCUT2D eigenvalue weighted by Gasteiger charge is 2.15. The van der Waals surface area contributed by atoms with Crippen LogP contribution in [0.4, 0.5) is 5.13 Å². The Morgan fingerprint density at radius 1 is 1.45 bits per heavy atom. The number of nitrogen functional groups attached to an aromatic ring is 1. The first-order valence-electron chi connectivity index (χ1n) is 6.43. The Morgan fingerprint density at radius 2 is 2.18 bits per heavy atom. The molecule has 1 amide bonds. The molecular formula is C14H14N4O3S. The molecule has 2 rings (SSSR count). The van der Waals surface area contributed by atoms with Gasteiger partial charge in [-0.1, -0.05) is 36.5 Å². The molecular weight excluding hydrogens is 304 g/mol. The first-order chi connectivity index (χ1) is 10.5. The third-order valence-electron chi connectivity index (χ3n) is 2.82. The topological polar surface area (TPSA) is 118 Å². The maximum absolute atomic E-state index is 12.0. The highest BCUT2D eigenvalue weighted by molar-refractivity contribution is 7.17. The SMILES string of the molecule is CCc1nc(N)sc1C(=O)N/N=C/c1ccccc1C(=O)O. The van der Waals surface area contributed by atoms with E-state index in [0.29, 0.717) is 27.7 Å². The number of aryl methyl sites for hydroxylation is 1. The number of anilines is 1. The van der Waals surface area contributed by atoms with Crippen molar-refractivity contribution >= 4 is 34.6 Å². The van der Waals surface area contributed by atoms with Gasteiger partial charge in [-0.3, -0.25) is 4.79 Å². The van der Waals surface area contributed by atoms with Gasteiger partial charge >= 0.3 is 5.97 Å². The molecule has 0 aliphatic carbocycles. The molecule has 1 heterocycles. The standard InChI is InChI=1S/C14H14N4O3S/c1-2-10-11(22-14(15)17-10)12(19)18-16-7-8-5-3-4-6-9(8)13(20)21/h3-7H,2H2,1H3,(H2,15,17)(H,18,19)(H,20,21)/b16-7+. The number of carbonyl (C=O) groups excluding carboxylic acids is 1. The van der Waals surface area contributed by atoms with Crippen LogP contribution in [0.3, 0.4) is 0 Å². The van der Waals surface area contributed by atoms with E-state index in [4.69, 9.17) is 10.8 Å². The second-order valence-corrected chi connectivity index (χ2v) is 5.30. The van der Waals surface area contributed by atoms with Crippen LogP contribution in [0.25, 0.3) is 0 Å². The Bertz CT molecular complexity index is 739. The Hall–Kier alpha value is -2.74. The number of hydrogen-bond donors (Lipinski definition) is 3. The number of thiazole rings is 1. The van der Waals surface area contributed by atoms with E-state index in [0.717, 1.165) is 11.3 Å². The third-order valence-corrected chi connectivity index (χ3v) is 3.74. The zero-order valence-corrected chi connectivity index (χ0v) is 12.6. The predicted octanol–water partition coefficient (Wildman–Crippen LogP) is 1.75. The van der Waals surface area contributed by atoms with Crippen molar-refractivity contribution in [1.29, 1.82) is 0 Å². The minimum absolute atomic E-state index is 0.108. The molecule has 114 valence electrons. The number of hydrazone groups is 1. The highest BCUT2D eigenvalue weighted by atomic mass is 32.1. The molecule has 2 aromatic rings. The van der Waals surface area contributed by atoms with Gasteiger partial charge in [0.2, 0.25) is 0 Å². The first kappa shape index (κ1) is 15.6. The van der Waals surface area contributed by atoms with E-state index < -0.39 is 11.9 Å². The lowest BCUT2D eigenvalue weighted by molar-refractivity contribution is 0.0696. The van der Waals surface area contributed by atoms with Crippen LogP contribution in [0.5, 0.6) is 0 Å². The minimum Gasteiger partial charge on any atom is -0.478 e. The lowest BCUT2D eigenvalue weighted by atomic mass is 10.1. The lowest BCUT2D eigenvalue weighted by Gasteiger charge is -2.00. The van der Waals surface area contributed by atoms with Crippen molar-refractivity contribution < 1.29 is 14.7 Å². The fourth-order valence-electron chi connectivity index (χ4n) is 1.80. The van der Waals surface area contributed by atoms with Crippen LogP contribution < -0.4 is 11.2 Å². The number of carbonyl (C=O) groups is 2. The summed E-state index contributed by atoms with van der Waals surface area (Å²) in [5, 5.41) is 13.2. The number of nitrogens with two attached hydrogens (primary N) is 1. The molecule has 0 aliphatic rings. The summed E-state index contributed by atoms with van der Waals surface area (Å²) in [5.41, 5.74) is 9.06. The van der Waals surface area contributed by atoms with Crippen molar-refractivity contribution in [3.05, 3.63) is 46.0 Å². The Morgan fingerprint density at radius 3 is 2.86 bits per heavy atom. The van der Waals surface area contributed by atoms with Crippen molar-refractivity contribution in [1.82, 2.24) is 10.4 Å². The van der Waals surface area contributed by atoms with Gasteiger partial charge in [0.05, 0.1) is 17.5 Å². The minimum atomic E-state index is -1.06. The van der Waals surface area contributed by atoms with Crippen LogP contribution in [0.15, 0.2) is 29.4 Å². The highest BCUT2D eigenvalue weighted by Crippen LogP contribution is 2.20. The van der Waals surface area contributed by atoms with Crippen molar-refractivity contribution in [3.8, 4) is 0 Å². The summed E-state index contributed by atoms with van der Waals surface area (Å²) in [7, 11) is 0. The van der Waals surface area contributed by atoms with Crippen molar-refractivity contribution in [2.45, 2.75) is 13.3 Å². The van der Waals surface area contributed by atoms with Crippen LogP contribution in [0.2, 0.25) is 0 Å². The van der Waals surface area contributed by atoms with Gasteiger partial charge in [0.15, 0.2) is 5.13 Å². The van der Waals surface area contributed by atoms with E-state index >= 15 is 0 Å². The van der Waals surface area contributed by atoms with Crippen LogP contribution in [-0.2, 0) is 6.42 Å². The number of aromatic carboxylic acids is 1. The summed E-state index contributed by atoms with van der Waals surface area (Å²) < 4.78 is 0. The number of carboxylic acid groups (broad SMARTS) is 1. The van der Waals surface area contributed by atoms with E-state index in [2.05, 4.69) is 15.5 Å². The van der Waals surface area contributed by atoms with Crippen LogP contribution >= 0.6 is 11.3 Å². The van der Waals surface area contributed by atoms with E-state index in [1.807, 2.05) is 6.92 Å². The molecule has 7 nitrogen and oxygen atoms in total. The van der Waals surface area contributed by atoms with Crippen molar-refractivity contribution in [2.75, 3.05) is 5.73 Å². The maximum Gasteiger partial charge on any atom is 0.336 e. The van der Waals surface area contributed by atoms with Crippen molar-refractivity contribution in [3.63, 3.8) is 0 Å². The maximum atomic E-state index is 12.0. The van der Waals surface area contributed by atoms with E-state index in [1.54, 1.807) is 18.2 Å². The molecule has 1 aromatic carbocycles. The average Bonchev–Trinajstić information content (AvgIpc) is 2.88. The number of rotatable bonds is 5. The molecule has 0 atom stereocenters. The molecule has 0 saturated heterocycles. The second-order valence-electron chi connectivity index (χ2n) is 4.27. The van der Waals surface area contributed by atoms with Gasteiger partial charge < -0.3 is 10.8 Å². The number of nitrogens with one attached hydrogen (secondary N) is 1. The number of benzene rings is 1. The van der Waals surface area contributed by atoms with E-state index in [1.165, 1.54) is 12.3 Å². The van der Waals surface area contributed by atoms with Crippen molar-refractivity contribution in [2.24, 2.45) is 5.10 Å². The molecule has 0 aliphatic heterocycles. The Balaban J connectivity index is 2.13. The molecule has 0 spiro atoms. The summed E-state index contributed by atoms with van der Waals surface area (Å²) in [4.78, 5) is 27.5. The Labute approximate surface area is 130 Å². The largest absolute Gasteiger partial charge is 0.478 e. The number of amides is 1. The summed E-state index contributed by atoms with van der Waals surface area (Å²) in [6.07, 6.45) is 1.87. The molecule has 0 fully saturated rings. The second kappa shape index (κ2) is 6.81. The zero-order valence-electron chi connectivity index (χ0n) is 11.7. The summed E-state index contributed by atoms with van der Waals surface area (Å²) in [6.45, 7) is 1.87. The Kier molecular flexibility index (Phi) is 4.84. The predicted molar refractivity (Wildman–Crippen MR) is 84.4 cm³/mol. The fourth-order valence-corrected chi connectivity index (χ4v) is 2.61. The smallest absolute Gasteiger partial charge is 0.336 e. The number of nitrogens with zero attached hydrogens (tertiary/aromatic N) is 2. The monoisotopic (exact) mass is 318 g/mol. The van der Waals surface area contributed by atoms with Crippen LogP contribution in [-0.4, -0.2) is 28.2 Å². The summed E-state index contributed by atoms with van der Waals surface area (Å²) >= 11 is 1.09. The number of carboxylic acids is 1. The summed E-state index contributed by atoms with van der Waals surface area (Å²) in [5.74, 6) is -1.48. The fraction of sp³-hybridized carbons (Fsp3) is 0.143. The van der Waals surface area contributed by atoms with Crippen LogP contribution in [0, 0.1) is 0 Å². The first-order valence-corrected chi connectivity index (χ1v) is 7.25. The van der Waals surface area contributed by atoms with Gasteiger partial charge in [-0.15, -0.1) is 0 Å². The van der Waals surface area contributed by atoms with Gasteiger partial charge in [-0.05, 0) is 12.5 Å². The molecule has 22 heavy (non-hydrogen) atoms. The van der Waals surface area contributed by atoms with Gasteiger partial charge in [-0.25, -0.2) is 15.2 Å². The van der Waals surface area contributed by atoms with E-state index in [9.17, 15) is 9.59 Å². The molecule has 0 saturated carbocycles. The van der Waals surface area contributed by atoms with Crippen LogP contribution in [0.1, 0.15) is 38.2 Å². The van der Waals surface area contributed by atoms with Gasteiger partial charge in [0.25, 0.3) is 5.91 Å². The van der Waals surface area contributed by atoms with E-state index in [-0.39, 0.29) is 5.56 Å². The number of hydrogen-bond acceptors (Lipinski definition) is 6. The lowest BCUT2D eigenvalue weighted by Crippen LogP contribution is -2.18. The third kappa shape index (κ3) is 3.47. The number of aromatic nitrogens is 1. The normalized spacial score (nSPS) is 10.8. The molecule has 0 unspecified atom stereocenters. The summed E-state index contributed by atoms with van der Waals surface area (Å²) in [6, 6.07) is 6.37. The van der Waals surface area contributed by atoms with Gasteiger partial charge in [-0.2, -0.15) is 5.10 Å². The zero-order chi connectivity index (χ0) is 16.1. The van der Waals surface area contributed by atoms with Gasteiger partial charge in [0, 0.05) is 5.56 Å². The molecule has 0 radical (unpaired) electrons. The quantitative estimate of drug-likeness (QED) is 0.573.